The topological polar surface area (TPSA) is 57.5 Å². The summed E-state index contributed by atoms with van der Waals surface area (Å²) in [5, 5.41) is 19.3. The van der Waals surface area contributed by atoms with Crippen molar-refractivity contribution in [1.29, 1.82) is 0 Å². The number of hydrogen-bond acceptors (Lipinski definition) is 2. The maximum atomic E-state index is 11.4. The normalized spacial score (nSPS) is 11.5. The lowest BCUT2D eigenvalue weighted by atomic mass is 9.96. The van der Waals surface area contributed by atoms with E-state index in [1.54, 1.807) is 6.92 Å². The quantitative estimate of drug-likeness (QED) is 0.699. The van der Waals surface area contributed by atoms with Gasteiger partial charge in [-0.25, -0.2) is 4.79 Å². The van der Waals surface area contributed by atoms with Gasteiger partial charge < -0.3 is 10.2 Å². The number of carboxylic acids is 1. The molecule has 0 spiro atoms. The van der Waals surface area contributed by atoms with Crippen molar-refractivity contribution in [1.82, 2.24) is 0 Å². The molecule has 0 aromatic heterocycles. The van der Waals surface area contributed by atoms with E-state index in [2.05, 4.69) is 13.8 Å². The standard InChI is InChI=1S/C18H26O3/c1-12(2)9-7-5-6-8-10-15-13(3)11-14(4)17(19)16(15)18(20)21/h8,10-12,19H,5-7,9H2,1-4H3,(H,20,21). The molecule has 21 heavy (non-hydrogen) atoms. The second-order valence-corrected chi connectivity index (χ2v) is 6.03. The van der Waals surface area contributed by atoms with Crippen molar-refractivity contribution >= 4 is 12.0 Å². The van der Waals surface area contributed by atoms with Gasteiger partial charge in [-0.2, -0.15) is 0 Å². The number of allylic oxidation sites excluding steroid dienone is 1. The van der Waals surface area contributed by atoms with Crippen molar-refractivity contribution in [2.45, 2.75) is 53.4 Å². The summed E-state index contributed by atoms with van der Waals surface area (Å²) < 4.78 is 0. The maximum absolute atomic E-state index is 11.4. The molecule has 3 nitrogen and oxygen atoms in total. The molecule has 0 saturated heterocycles. The van der Waals surface area contributed by atoms with E-state index in [1.165, 1.54) is 12.8 Å². The molecule has 0 unspecified atom stereocenters. The lowest BCUT2D eigenvalue weighted by molar-refractivity contribution is 0.0693. The van der Waals surface area contributed by atoms with Crippen LogP contribution in [0.4, 0.5) is 0 Å². The molecule has 0 saturated carbocycles. The third kappa shape index (κ3) is 4.92. The van der Waals surface area contributed by atoms with E-state index >= 15 is 0 Å². The largest absolute Gasteiger partial charge is 0.507 e. The van der Waals surface area contributed by atoms with Gasteiger partial charge in [-0.15, -0.1) is 0 Å². The zero-order chi connectivity index (χ0) is 16.0. The molecule has 0 radical (unpaired) electrons. The number of rotatable bonds is 7. The number of aromatic hydroxyl groups is 1. The minimum atomic E-state index is -1.08. The van der Waals surface area contributed by atoms with Crippen LogP contribution in [-0.4, -0.2) is 16.2 Å². The molecule has 0 heterocycles. The van der Waals surface area contributed by atoms with Gasteiger partial charge in [-0.3, -0.25) is 0 Å². The lowest BCUT2D eigenvalue weighted by Crippen LogP contribution is -2.03. The molecule has 0 atom stereocenters. The van der Waals surface area contributed by atoms with Gasteiger partial charge in [0.05, 0.1) is 0 Å². The fourth-order valence-corrected chi connectivity index (χ4v) is 2.44. The Hall–Kier alpha value is -1.77. The van der Waals surface area contributed by atoms with Crippen molar-refractivity contribution in [3.8, 4) is 5.75 Å². The van der Waals surface area contributed by atoms with E-state index in [0.29, 0.717) is 11.1 Å². The highest BCUT2D eigenvalue weighted by molar-refractivity contribution is 5.96. The Morgan fingerprint density at radius 1 is 1.24 bits per heavy atom. The van der Waals surface area contributed by atoms with Gasteiger partial charge in [0.15, 0.2) is 0 Å². The predicted molar refractivity (Wildman–Crippen MR) is 86.9 cm³/mol. The first kappa shape index (κ1) is 17.3. The Balaban J connectivity index is 2.83. The number of phenols is 1. The highest BCUT2D eigenvalue weighted by atomic mass is 16.4. The van der Waals surface area contributed by atoms with Gasteiger partial charge in [0.25, 0.3) is 0 Å². The summed E-state index contributed by atoms with van der Waals surface area (Å²) in [6.45, 7) is 8.02. The number of hydrogen-bond donors (Lipinski definition) is 2. The van der Waals surface area contributed by atoms with Gasteiger partial charge in [-0.1, -0.05) is 44.9 Å². The van der Waals surface area contributed by atoms with Crippen LogP contribution in [0.1, 0.15) is 66.6 Å². The first-order valence-electron chi connectivity index (χ1n) is 7.57. The summed E-state index contributed by atoms with van der Waals surface area (Å²) in [5.41, 5.74) is 2.08. The van der Waals surface area contributed by atoms with Crippen LogP contribution in [0.3, 0.4) is 0 Å². The fourth-order valence-electron chi connectivity index (χ4n) is 2.44. The van der Waals surface area contributed by atoms with Gasteiger partial charge in [0.1, 0.15) is 11.3 Å². The fraction of sp³-hybridized carbons (Fsp3) is 0.500. The van der Waals surface area contributed by atoms with Crippen LogP contribution in [0, 0.1) is 19.8 Å². The molecule has 116 valence electrons. The molecule has 3 heteroatoms. The van der Waals surface area contributed by atoms with Gasteiger partial charge in [0.2, 0.25) is 0 Å². The average Bonchev–Trinajstić information content (AvgIpc) is 2.38. The Morgan fingerprint density at radius 3 is 2.48 bits per heavy atom. The van der Waals surface area contributed by atoms with Crippen LogP contribution in [-0.2, 0) is 0 Å². The van der Waals surface area contributed by atoms with E-state index in [-0.39, 0.29) is 11.3 Å². The Morgan fingerprint density at radius 2 is 1.90 bits per heavy atom. The number of aryl methyl sites for hydroxylation is 2. The van der Waals surface area contributed by atoms with Crippen molar-refractivity contribution in [2.75, 3.05) is 0 Å². The molecule has 2 N–H and O–H groups in total. The monoisotopic (exact) mass is 290 g/mol. The van der Waals surface area contributed by atoms with Crippen LogP contribution in [0.15, 0.2) is 12.1 Å². The minimum absolute atomic E-state index is 0.00549. The molecule has 0 aliphatic heterocycles. The first-order valence-corrected chi connectivity index (χ1v) is 7.57. The molecule has 0 aliphatic carbocycles. The molecule has 1 aromatic carbocycles. The number of unbranched alkanes of at least 4 members (excludes halogenated alkanes) is 2. The highest BCUT2D eigenvalue weighted by Crippen LogP contribution is 2.29. The third-order valence-electron chi connectivity index (χ3n) is 3.64. The molecular formula is C18H26O3. The zero-order valence-corrected chi connectivity index (χ0v) is 13.4. The number of aromatic carboxylic acids is 1. The third-order valence-corrected chi connectivity index (χ3v) is 3.64. The Kier molecular flexibility index (Phi) is 6.47. The Bertz CT molecular complexity index is 528. The SMILES string of the molecule is Cc1cc(C)c(C=CCCCCC(C)C)c(C(=O)O)c1O. The predicted octanol–water partition coefficient (Wildman–Crippen LogP) is 4.94. The molecule has 0 amide bonds. The molecule has 0 aliphatic rings. The van der Waals surface area contributed by atoms with Crippen LogP contribution >= 0.6 is 0 Å². The van der Waals surface area contributed by atoms with Crippen LogP contribution < -0.4 is 0 Å². The van der Waals surface area contributed by atoms with Crippen LogP contribution in [0.25, 0.3) is 6.08 Å². The summed E-state index contributed by atoms with van der Waals surface area (Å²) in [4.78, 5) is 11.4. The first-order chi connectivity index (χ1) is 9.84. The molecule has 1 aromatic rings. The van der Waals surface area contributed by atoms with E-state index in [0.717, 1.165) is 24.3 Å². The summed E-state index contributed by atoms with van der Waals surface area (Å²) in [5.74, 6) is -0.491. The van der Waals surface area contributed by atoms with E-state index in [1.807, 2.05) is 25.1 Å². The zero-order valence-electron chi connectivity index (χ0n) is 13.4. The summed E-state index contributed by atoms with van der Waals surface area (Å²) >= 11 is 0. The van der Waals surface area contributed by atoms with E-state index in [4.69, 9.17) is 0 Å². The molecule has 1 rings (SSSR count). The molecule has 0 fully saturated rings. The summed E-state index contributed by atoms with van der Waals surface area (Å²) in [6, 6.07) is 1.82. The van der Waals surface area contributed by atoms with Crippen molar-refractivity contribution < 1.29 is 15.0 Å². The van der Waals surface area contributed by atoms with Gasteiger partial charge in [-0.05, 0) is 49.3 Å². The van der Waals surface area contributed by atoms with Crippen LogP contribution in [0.2, 0.25) is 0 Å². The van der Waals surface area contributed by atoms with Crippen LogP contribution in [0.5, 0.6) is 5.75 Å². The number of carboxylic acid groups (broad SMARTS) is 1. The average molecular weight is 290 g/mol. The van der Waals surface area contributed by atoms with E-state index in [9.17, 15) is 15.0 Å². The highest BCUT2D eigenvalue weighted by Gasteiger charge is 2.17. The van der Waals surface area contributed by atoms with Crippen molar-refractivity contribution in [2.24, 2.45) is 5.92 Å². The maximum Gasteiger partial charge on any atom is 0.340 e. The van der Waals surface area contributed by atoms with Gasteiger partial charge in [0, 0.05) is 0 Å². The molecular weight excluding hydrogens is 264 g/mol. The summed E-state index contributed by atoms with van der Waals surface area (Å²) in [7, 11) is 0. The summed E-state index contributed by atoms with van der Waals surface area (Å²) in [6.07, 6.45) is 8.27. The second-order valence-electron chi connectivity index (χ2n) is 6.03. The second kappa shape index (κ2) is 7.87. The van der Waals surface area contributed by atoms with Crippen molar-refractivity contribution in [3.05, 3.63) is 34.4 Å². The lowest BCUT2D eigenvalue weighted by Gasteiger charge is -2.11. The minimum Gasteiger partial charge on any atom is -0.507 e. The number of carbonyl (C=O) groups is 1. The Labute approximate surface area is 127 Å². The van der Waals surface area contributed by atoms with Gasteiger partial charge >= 0.3 is 5.97 Å². The van der Waals surface area contributed by atoms with E-state index < -0.39 is 5.97 Å². The smallest absolute Gasteiger partial charge is 0.340 e. The van der Waals surface area contributed by atoms with Crippen molar-refractivity contribution in [3.63, 3.8) is 0 Å². The molecule has 0 bridgehead atoms. The number of benzene rings is 1.